The van der Waals surface area contributed by atoms with Gasteiger partial charge in [0.1, 0.15) is 0 Å². The molecule has 0 fully saturated rings. The Kier molecular flexibility index (Phi) is 8.13. The molecule has 42 heavy (non-hydrogen) atoms. The van der Waals surface area contributed by atoms with Gasteiger partial charge in [-0.05, 0) is 109 Å². The summed E-state index contributed by atoms with van der Waals surface area (Å²) in [6, 6.07) is 30.2. The van der Waals surface area contributed by atoms with Crippen molar-refractivity contribution in [2.24, 2.45) is 9.98 Å². The summed E-state index contributed by atoms with van der Waals surface area (Å²) in [6.45, 7) is 0. The van der Waals surface area contributed by atoms with E-state index in [0.717, 1.165) is 56.4 Å². The molecule has 4 aromatic carbocycles. The molecular weight excluding hydrogens is 512 g/mol. The molecule has 0 unspecified atom stereocenters. The average Bonchev–Trinajstić information content (AvgIpc) is 3.04. The van der Waals surface area contributed by atoms with Crippen LogP contribution in [0.25, 0.3) is 0 Å². The lowest BCUT2D eigenvalue weighted by Crippen LogP contribution is -2.22. The van der Waals surface area contributed by atoms with E-state index < -0.39 is 0 Å². The van der Waals surface area contributed by atoms with Gasteiger partial charge in [-0.1, -0.05) is 23.7 Å². The van der Waals surface area contributed by atoms with Crippen LogP contribution in [-0.2, 0) is 0 Å². The zero-order valence-corrected chi connectivity index (χ0v) is 22.6. The number of rotatable bonds is 6. The Morgan fingerprint density at radius 2 is 0.690 bits per heavy atom. The molecule has 0 radical (unpaired) electrons. The predicted molar refractivity (Wildman–Crippen MR) is 175 cm³/mol. The molecule has 4 nitrogen and oxygen atoms in total. The zero-order valence-electron chi connectivity index (χ0n) is 22.6. The SMILES string of the molecule is C#Cc1ccc(N=C2C=C(Nc3ccc(C#C)cc3)C(=Nc3ccc(C#C)cc3)C=C2Nc2ccc(C#C)cc2)cc1. The minimum absolute atomic E-state index is 0.689. The van der Waals surface area contributed by atoms with E-state index in [2.05, 4.69) is 34.3 Å². The summed E-state index contributed by atoms with van der Waals surface area (Å²) in [5.74, 6) is 10.6. The van der Waals surface area contributed by atoms with Crippen molar-refractivity contribution in [1.29, 1.82) is 0 Å². The van der Waals surface area contributed by atoms with Crippen LogP contribution < -0.4 is 10.6 Å². The van der Waals surface area contributed by atoms with Crippen LogP contribution in [0.4, 0.5) is 22.7 Å². The zero-order chi connectivity index (χ0) is 29.3. The van der Waals surface area contributed by atoms with Gasteiger partial charge in [-0.3, -0.25) is 0 Å². The summed E-state index contributed by atoms with van der Waals surface area (Å²) in [4.78, 5) is 9.91. The highest BCUT2D eigenvalue weighted by atomic mass is 15.0. The molecule has 0 amide bonds. The van der Waals surface area contributed by atoms with Crippen LogP contribution in [-0.4, -0.2) is 11.4 Å². The fourth-order valence-corrected chi connectivity index (χ4v) is 4.12. The molecule has 0 aliphatic heterocycles. The van der Waals surface area contributed by atoms with Crippen LogP contribution >= 0.6 is 0 Å². The smallest absolute Gasteiger partial charge is 0.0894 e. The van der Waals surface area contributed by atoms with Gasteiger partial charge in [-0.2, -0.15) is 0 Å². The molecular formula is C38H24N4. The van der Waals surface area contributed by atoms with E-state index in [1.165, 1.54) is 0 Å². The van der Waals surface area contributed by atoms with Crippen molar-refractivity contribution in [3.63, 3.8) is 0 Å². The minimum atomic E-state index is 0.689. The topological polar surface area (TPSA) is 48.8 Å². The number of hydrogen-bond acceptors (Lipinski definition) is 4. The van der Waals surface area contributed by atoms with Crippen molar-refractivity contribution >= 4 is 34.2 Å². The van der Waals surface area contributed by atoms with Gasteiger partial charge >= 0.3 is 0 Å². The number of nitrogens with zero attached hydrogens (tertiary/aromatic N) is 2. The molecule has 4 heteroatoms. The maximum atomic E-state index is 5.55. The molecule has 0 heterocycles. The first-order chi connectivity index (χ1) is 20.6. The fraction of sp³-hybridized carbons (Fsp3) is 0. The van der Waals surface area contributed by atoms with E-state index in [4.69, 9.17) is 35.7 Å². The van der Waals surface area contributed by atoms with Crippen LogP contribution in [0.1, 0.15) is 22.3 Å². The number of hydrogen-bond donors (Lipinski definition) is 2. The van der Waals surface area contributed by atoms with Gasteiger partial charge in [0.05, 0.1) is 34.2 Å². The quantitative estimate of drug-likeness (QED) is 0.198. The highest BCUT2D eigenvalue weighted by Crippen LogP contribution is 2.25. The van der Waals surface area contributed by atoms with Gasteiger partial charge in [0, 0.05) is 33.6 Å². The standard InChI is InChI=1S/C38H24N4/c1-5-27-9-17-31(18-10-27)39-35-25-37(41-33-21-13-29(7-3)14-22-33)38(42-34-23-15-30(8-4)16-24-34)26-36(35)40-32-19-11-28(6-2)12-20-32/h1-4,9-26,39,42H. The number of terminal acetylenes is 4. The van der Waals surface area contributed by atoms with Crippen molar-refractivity contribution in [3.8, 4) is 49.4 Å². The van der Waals surface area contributed by atoms with E-state index >= 15 is 0 Å². The molecule has 4 aromatic rings. The third-order valence-electron chi connectivity index (χ3n) is 6.34. The molecule has 2 N–H and O–H groups in total. The van der Waals surface area contributed by atoms with Crippen molar-refractivity contribution in [3.05, 3.63) is 143 Å². The lowest BCUT2D eigenvalue weighted by atomic mass is 10.0. The molecule has 1 aliphatic carbocycles. The summed E-state index contributed by atoms with van der Waals surface area (Å²) >= 11 is 0. The Bertz CT molecular complexity index is 1760. The second kappa shape index (κ2) is 12.6. The normalized spacial score (nSPS) is 14.0. The molecule has 0 saturated carbocycles. The van der Waals surface area contributed by atoms with Gasteiger partial charge in [0.15, 0.2) is 0 Å². The van der Waals surface area contributed by atoms with E-state index in [9.17, 15) is 0 Å². The Balaban J connectivity index is 1.61. The lowest BCUT2D eigenvalue weighted by Gasteiger charge is -2.21. The number of nitrogens with one attached hydrogen (secondary N) is 2. The minimum Gasteiger partial charge on any atom is -0.354 e. The van der Waals surface area contributed by atoms with Crippen molar-refractivity contribution in [2.75, 3.05) is 10.6 Å². The third kappa shape index (κ3) is 6.57. The van der Waals surface area contributed by atoms with Crippen molar-refractivity contribution in [2.45, 2.75) is 0 Å². The second-order valence-corrected chi connectivity index (χ2v) is 9.19. The van der Waals surface area contributed by atoms with Crippen molar-refractivity contribution < 1.29 is 0 Å². The maximum absolute atomic E-state index is 5.55. The van der Waals surface area contributed by atoms with Gasteiger partial charge < -0.3 is 10.6 Å². The number of aliphatic imine (C=N–C) groups is 2. The number of allylic oxidation sites excluding steroid dienone is 2. The maximum Gasteiger partial charge on any atom is 0.0894 e. The number of anilines is 2. The largest absolute Gasteiger partial charge is 0.354 e. The summed E-state index contributed by atoms with van der Waals surface area (Å²) in [6.07, 6.45) is 26.1. The predicted octanol–water partition coefficient (Wildman–Crippen LogP) is 7.46. The molecule has 1 aliphatic rings. The molecule has 5 rings (SSSR count). The monoisotopic (exact) mass is 536 g/mol. The van der Waals surface area contributed by atoms with E-state index in [-0.39, 0.29) is 0 Å². The summed E-state index contributed by atoms with van der Waals surface area (Å²) in [5.41, 5.74) is 9.22. The molecule has 196 valence electrons. The Morgan fingerprint density at radius 3 is 0.976 bits per heavy atom. The molecule has 0 bridgehead atoms. The second-order valence-electron chi connectivity index (χ2n) is 9.19. The first kappa shape index (κ1) is 27.1. The van der Waals surface area contributed by atoms with Crippen LogP contribution in [0.2, 0.25) is 0 Å². The van der Waals surface area contributed by atoms with Gasteiger partial charge in [-0.25, -0.2) is 9.98 Å². The van der Waals surface area contributed by atoms with Gasteiger partial charge in [0.2, 0.25) is 0 Å². The Morgan fingerprint density at radius 1 is 0.405 bits per heavy atom. The van der Waals surface area contributed by atoms with E-state index in [1.54, 1.807) is 0 Å². The summed E-state index contributed by atoms with van der Waals surface area (Å²) in [7, 11) is 0. The van der Waals surface area contributed by atoms with Gasteiger partial charge in [-0.15, -0.1) is 25.7 Å². The van der Waals surface area contributed by atoms with Crippen LogP contribution in [0.3, 0.4) is 0 Å². The van der Waals surface area contributed by atoms with Gasteiger partial charge in [0.25, 0.3) is 0 Å². The third-order valence-corrected chi connectivity index (χ3v) is 6.34. The first-order valence-electron chi connectivity index (χ1n) is 13.0. The van der Waals surface area contributed by atoms with Crippen LogP contribution in [0.15, 0.2) is 131 Å². The first-order valence-corrected chi connectivity index (χ1v) is 13.0. The van der Waals surface area contributed by atoms with E-state index in [0.29, 0.717) is 11.4 Å². The highest BCUT2D eigenvalue weighted by Gasteiger charge is 2.19. The Labute approximate surface area is 246 Å². The summed E-state index contributed by atoms with van der Waals surface area (Å²) < 4.78 is 0. The Hall–Kier alpha value is -6.46. The average molecular weight is 537 g/mol. The van der Waals surface area contributed by atoms with E-state index in [1.807, 2.05) is 109 Å². The number of benzene rings is 4. The highest BCUT2D eigenvalue weighted by molar-refractivity contribution is 6.26. The fourth-order valence-electron chi connectivity index (χ4n) is 4.12. The molecule has 0 aromatic heterocycles. The van der Waals surface area contributed by atoms with Crippen LogP contribution in [0.5, 0.6) is 0 Å². The summed E-state index contributed by atoms with van der Waals surface area (Å²) in [5, 5.41) is 6.97. The lowest BCUT2D eigenvalue weighted by molar-refractivity contribution is 1.40. The molecule has 0 saturated heterocycles. The molecule has 0 atom stereocenters. The molecule has 0 spiro atoms. The van der Waals surface area contributed by atoms with Crippen LogP contribution in [0, 0.1) is 49.4 Å². The van der Waals surface area contributed by atoms with Crippen molar-refractivity contribution in [1.82, 2.24) is 0 Å².